The number of benzene rings is 1. The Labute approximate surface area is 235 Å². The van der Waals surface area contributed by atoms with Crippen LogP contribution in [0.4, 0.5) is 10.6 Å². The number of aromatic nitrogens is 3. The predicted molar refractivity (Wildman–Crippen MR) is 154 cm³/mol. The van der Waals surface area contributed by atoms with Crippen molar-refractivity contribution in [1.82, 2.24) is 24.6 Å². The number of amides is 1. The van der Waals surface area contributed by atoms with Crippen molar-refractivity contribution in [1.29, 1.82) is 0 Å². The summed E-state index contributed by atoms with van der Waals surface area (Å²) in [6, 6.07) is 9.99. The molecule has 0 spiro atoms. The molecule has 1 aliphatic carbocycles. The van der Waals surface area contributed by atoms with Gasteiger partial charge in [0.15, 0.2) is 5.65 Å². The summed E-state index contributed by atoms with van der Waals surface area (Å²) in [6.45, 7) is 5.28. The number of rotatable bonds is 8. The molecule has 0 saturated heterocycles. The lowest BCUT2D eigenvalue weighted by atomic mass is 9.86. The number of nitrogens with zero attached hydrogens (tertiary/aromatic N) is 4. The van der Waals surface area contributed by atoms with Crippen LogP contribution in [0.25, 0.3) is 11.0 Å². The van der Waals surface area contributed by atoms with Gasteiger partial charge in [-0.3, -0.25) is 9.36 Å². The molecule has 0 bridgehead atoms. The molecule has 2 aromatic heterocycles. The van der Waals surface area contributed by atoms with Crippen molar-refractivity contribution in [3.05, 3.63) is 54.5 Å². The van der Waals surface area contributed by atoms with Gasteiger partial charge in [-0.1, -0.05) is 30.3 Å². The first-order valence-corrected chi connectivity index (χ1v) is 15.1. The van der Waals surface area contributed by atoms with Crippen molar-refractivity contribution in [3.8, 4) is 0 Å². The molecule has 1 fully saturated rings. The van der Waals surface area contributed by atoms with E-state index in [0.29, 0.717) is 22.4 Å². The third kappa shape index (κ3) is 6.97. The fraction of sp³-hybridized carbons (Fsp3) is 0.500. The van der Waals surface area contributed by atoms with Crippen LogP contribution in [-0.4, -0.2) is 66.4 Å². The standard InChI is InChI=1S/C28H38N6O5S/c1-28(2,3)39-27(36)32-23(20-9-7-6-8-10-20)26(35)34-16-15-22-24(30-18-31-25(22)34)33(5)21-13-11-19(12-14-21)17-40(37,38)29-4/h6-10,15-16,18-19,21,23,29H,11-14,17H2,1-5H3,(H,32,36)/t19-,21-,23-/m0/s1. The summed E-state index contributed by atoms with van der Waals surface area (Å²) in [5.74, 6) is 0.575. The van der Waals surface area contributed by atoms with Crippen LogP contribution in [-0.2, 0) is 14.8 Å². The Balaban J connectivity index is 1.57. The van der Waals surface area contributed by atoms with Gasteiger partial charge in [0, 0.05) is 19.3 Å². The smallest absolute Gasteiger partial charge is 0.408 e. The molecule has 1 aromatic carbocycles. The summed E-state index contributed by atoms with van der Waals surface area (Å²) >= 11 is 0. The van der Waals surface area contributed by atoms with Crippen LogP contribution in [0.3, 0.4) is 0 Å². The second kappa shape index (κ2) is 11.9. The Morgan fingerprint density at radius 3 is 2.40 bits per heavy atom. The van der Waals surface area contributed by atoms with Crippen LogP contribution in [0.5, 0.6) is 0 Å². The zero-order valence-electron chi connectivity index (χ0n) is 23.6. The third-order valence-corrected chi connectivity index (χ3v) is 8.74. The van der Waals surface area contributed by atoms with Gasteiger partial charge < -0.3 is 15.0 Å². The molecule has 0 unspecified atom stereocenters. The molecule has 2 heterocycles. The lowest BCUT2D eigenvalue weighted by Crippen LogP contribution is -2.39. The van der Waals surface area contributed by atoms with Gasteiger partial charge in [-0.05, 0) is 71.0 Å². The predicted octanol–water partition coefficient (Wildman–Crippen LogP) is 3.88. The molecule has 40 heavy (non-hydrogen) atoms. The number of anilines is 1. The first-order valence-electron chi connectivity index (χ1n) is 13.4. The minimum Gasteiger partial charge on any atom is -0.444 e. The molecule has 2 N–H and O–H groups in total. The number of hydrogen-bond donors (Lipinski definition) is 2. The Morgan fingerprint density at radius 2 is 1.77 bits per heavy atom. The van der Waals surface area contributed by atoms with Gasteiger partial charge >= 0.3 is 6.09 Å². The summed E-state index contributed by atoms with van der Waals surface area (Å²) in [4.78, 5) is 37.5. The molecule has 0 radical (unpaired) electrons. The zero-order valence-corrected chi connectivity index (χ0v) is 24.4. The lowest BCUT2D eigenvalue weighted by molar-refractivity contribution is 0.0482. The Morgan fingerprint density at radius 1 is 1.10 bits per heavy atom. The second-order valence-electron chi connectivity index (χ2n) is 11.2. The van der Waals surface area contributed by atoms with Crippen LogP contribution in [0.2, 0.25) is 0 Å². The normalized spacial score (nSPS) is 18.7. The molecule has 0 aliphatic heterocycles. The van der Waals surface area contributed by atoms with Crippen LogP contribution >= 0.6 is 0 Å². The molecule has 1 saturated carbocycles. The maximum absolute atomic E-state index is 13.8. The summed E-state index contributed by atoms with van der Waals surface area (Å²) < 4.78 is 33.2. The fourth-order valence-electron chi connectivity index (χ4n) is 5.16. The molecule has 4 rings (SSSR count). The van der Waals surface area contributed by atoms with Gasteiger partial charge in [0.05, 0.1) is 11.1 Å². The average molecular weight is 571 g/mol. The molecule has 1 amide bonds. The van der Waals surface area contributed by atoms with Crippen molar-refractivity contribution in [2.45, 2.75) is 64.1 Å². The highest BCUT2D eigenvalue weighted by molar-refractivity contribution is 7.89. The Hall–Kier alpha value is -3.51. The molecule has 12 heteroatoms. The SMILES string of the molecule is CNS(=O)(=O)C[C@H]1CC[C@H](N(C)c2ncnc3c2ccn3C(=O)[C@@H](NC(=O)OC(C)(C)C)c2ccccc2)CC1. The largest absolute Gasteiger partial charge is 0.444 e. The van der Waals surface area contributed by atoms with Crippen molar-refractivity contribution in [2.75, 3.05) is 24.7 Å². The second-order valence-corrected chi connectivity index (χ2v) is 13.2. The number of nitrogens with one attached hydrogen (secondary N) is 2. The van der Waals surface area contributed by atoms with Crippen LogP contribution < -0.4 is 14.9 Å². The number of sulfonamides is 1. The van der Waals surface area contributed by atoms with Gasteiger partial charge in [-0.25, -0.2) is 27.9 Å². The Bertz CT molecular complexity index is 1440. The van der Waals surface area contributed by atoms with E-state index in [1.807, 2.05) is 13.1 Å². The molecule has 1 aliphatic rings. The van der Waals surface area contributed by atoms with E-state index in [0.717, 1.165) is 25.7 Å². The highest BCUT2D eigenvalue weighted by atomic mass is 32.2. The van der Waals surface area contributed by atoms with Gasteiger partial charge in [-0.15, -0.1) is 0 Å². The van der Waals surface area contributed by atoms with Gasteiger partial charge in [-0.2, -0.15) is 0 Å². The van der Waals surface area contributed by atoms with Crippen LogP contribution in [0.1, 0.15) is 62.9 Å². The van der Waals surface area contributed by atoms with E-state index in [4.69, 9.17) is 4.74 Å². The molecule has 216 valence electrons. The summed E-state index contributed by atoms with van der Waals surface area (Å²) in [6.07, 6.45) is 5.66. The van der Waals surface area contributed by atoms with E-state index in [2.05, 4.69) is 24.9 Å². The topological polar surface area (TPSA) is 136 Å². The van der Waals surface area contributed by atoms with Crippen molar-refractivity contribution >= 4 is 38.9 Å². The first-order chi connectivity index (χ1) is 18.9. The van der Waals surface area contributed by atoms with Gasteiger partial charge in [0.25, 0.3) is 5.91 Å². The maximum Gasteiger partial charge on any atom is 0.408 e. The van der Waals surface area contributed by atoms with Crippen molar-refractivity contribution < 1.29 is 22.7 Å². The average Bonchev–Trinajstić information content (AvgIpc) is 3.35. The number of hydrogen-bond acceptors (Lipinski definition) is 8. The van der Waals surface area contributed by atoms with Gasteiger partial charge in [0.2, 0.25) is 10.0 Å². The fourth-order valence-corrected chi connectivity index (χ4v) is 6.28. The number of ether oxygens (including phenoxy) is 1. The minimum atomic E-state index is -3.24. The molecule has 3 aromatic rings. The van der Waals surface area contributed by atoms with E-state index >= 15 is 0 Å². The van der Waals surface area contributed by atoms with E-state index in [9.17, 15) is 18.0 Å². The van der Waals surface area contributed by atoms with E-state index in [1.165, 1.54) is 17.9 Å². The highest BCUT2D eigenvalue weighted by Gasteiger charge is 2.31. The number of carbonyl (C=O) groups is 2. The maximum atomic E-state index is 13.8. The van der Waals surface area contributed by atoms with E-state index in [1.54, 1.807) is 57.3 Å². The minimum absolute atomic E-state index is 0.124. The Kier molecular flexibility index (Phi) is 8.79. The molecular formula is C28H38N6O5S. The molecule has 1 atom stereocenters. The first kappa shape index (κ1) is 29.5. The quantitative estimate of drug-likeness (QED) is 0.417. The van der Waals surface area contributed by atoms with E-state index in [-0.39, 0.29) is 23.6 Å². The van der Waals surface area contributed by atoms with Gasteiger partial charge in [0.1, 0.15) is 23.8 Å². The van der Waals surface area contributed by atoms with Crippen molar-refractivity contribution in [2.24, 2.45) is 5.92 Å². The summed E-state index contributed by atoms with van der Waals surface area (Å²) in [5.41, 5.74) is 0.327. The zero-order chi connectivity index (χ0) is 29.1. The number of carbonyl (C=O) groups excluding carboxylic acids is 2. The number of alkyl carbamates (subject to hydrolysis) is 1. The van der Waals surface area contributed by atoms with Crippen molar-refractivity contribution in [3.63, 3.8) is 0 Å². The highest BCUT2D eigenvalue weighted by Crippen LogP contribution is 2.33. The summed E-state index contributed by atoms with van der Waals surface area (Å²) in [5, 5.41) is 3.43. The van der Waals surface area contributed by atoms with Crippen LogP contribution in [0.15, 0.2) is 48.9 Å². The summed E-state index contributed by atoms with van der Waals surface area (Å²) in [7, 11) is 0.171. The molecular weight excluding hydrogens is 532 g/mol. The third-order valence-electron chi connectivity index (χ3n) is 7.20. The van der Waals surface area contributed by atoms with Crippen LogP contribution in [0, 0.1) is 5.92 Å². The number of fused-ring (bicyclic) bond motifs is 1. The molecule has 11 nitrogen and oxygen atoms in total. The lowest BCUT2D eigenvalue weighted by Gasteiger charge is -2.35. The van der Waals surface area contributed by atoms with E-state index < -0.39 is 27.8 Å². The monoisotopic (exact) mass is 570 g/mol.